The Balaban J connectivity index is 0.000000174. The number of piperazine rings is 1. The number of urea groups is 2. The van der Waals surface area contributed by atoms with Gasteiger partial charge < -0.3 is 30.2 Å². The number of carbonyl (C=O) groups is 2. The molecule has 2 aromatic carbocycles. The van der Waals surface area contributed by atoms with Gasteiger partial charge in [-0.15, -0.1) is 0 Å². The molecule has 9 rings (SSSR count). The number of rotatable bonds is 9. The van der Waals surface area contributed by atoms with Crippen molar-refractivity contribution in [2.45, 2.75) is 86.6 Å². The highest BCUT2D eigenvalue weighted by Crippen LogP contribution is 2.47. The fraction of sp³-hybridized carbons (Fsp3) is 0.510. The minimum Gasteiger partial charge on any atom is -0.354 e. The van der Waals surface area contributed by atoms with Gasteiger partial charge in [-0.05, 0) is 127 Å². The van der Waals surface area contributed by atoms with Gasteiger partial charge in [0.25, 0.3) is 0 Å². The third kappa shape index (κ3) is 9.16. The number of anilines is 1. The van der Waals surface area contributed by atoms with Crippen LogP contribution in [0.4, 0.5) is 15.4 Å². The highest BCUT2D eigenvalue weighted by molar-refractivity contribution is 6.30. The van der Waals surface area contributed by atoms with Gasteiger partial charge in [-0.2, -0.15) is 0 Å². The zero-order valence-electron chi connectivity index (χ0n) is 37.3. The number of hydrogen-bond donors (Lipinski definition) is 2. The molecule has 0 bridgehead atoms. The molecule has 5 heterocycles. The molecule has 2 saturated carbocycles. The van der Waals surface area contributed by atoms with Crippen LogP contribution in [0.1, 0.15) is 73.6 Å². The Labute approximate surface area is 373 Å². The van der Waals surface area contributed by atoms with Crippen LogP contribution in [-0.4, -0.2) is 132 Å². The average Bonchev–Trinajstić information content (AvgIpc) is 3.75. The number of likely N-dealkylation sites (N-methyl/N-ethyl adjacent to an activating group) is 1. The van der Waals surface area contributed by atoms with E-state index in [1.54, 1.807) is 12.4 Å². The lowest BCUT2D eigenvalue weighted by atomic mass is 9.69. The van der Waals surface area contributed by atoms with E-state index in [0.717, 1.165) is 108 Å². The summed E-state index contributed by atoms with van der Waals surface area (Å²) in [6.07, 6.45) is 13.3. The summed E-state index contributed by atoms with van der Waals surface area (Å²) in [6.45, 7) is 6.78. The lowest BCUT2D eigenvalue weighted by Gasteiger charge is -2.48. The number of nitrogens with zero attached hydrogens (tertiary/aromatic N) is 8. The standard InChI is InChI=1S/C27H38N6O.C22H27ClN4O/c1-30(2)27(23-7-5-4-6-8-23)12-10-26(11-13-27)21-33(25(34)29-26)20-22-9-14-28-24(19-22)32-17-15-31(3)16-18-32;1-26(2)22(18-6-4-3-5-7-18)10-8-21(9-11-22)16-27(20(28)25-21)15-17-12-19(23)14-24-13-17/h4-9,14,19H,10-13,15-18,20-21H2,1-3H3,(H,29,34);3-7,12-14H,8-11,15-16H2,1-2H3,(H,25,28). The van der Waals surface area contributed by atoms with Gasteiger partial charge in [-0.3, -0.25) is 14.8 Å². The van der Waals surface area contributed by atoms with Crippen LogP contribution in [0.25, 0.3) is 0 Å². The van der Waals surface area contributed by atoms with Crippen molar-refractivity contribution in [2.24, 2.45) is 0 Å². The molecule has 13 heteroatoms. The Kier molecular flexibility index (Phi) is 12.8. The second kappa shape index (κ2) is 18.2. The number of carbonyl (C=O) groups excluding carboxylic acids is 2. The second-order valence-corrected chi connectivity index (χ2v) is 19.5. The first-order valence-corrected chi connectivity index (χ1v) is 22.8. The normalized spacial score (nSPS) is 27.8. The predicted octanol–water partition coefficient (Wildman–Crippen LogP) is 7.16. The minimum absolute atomic E-state index is 0.0111. The van der Waals surface area contributed by atoms with Gasteiger partial charge in [-0.1, -0.05) is 72.3 Å². The molecule has 3 saturated heterocycles. The molecule has 4 aromatic rings. The first kappa shape index (κ1) is 43.9. The summed E-state index contributed by atoms with van der Waals surface area (Å²) < 4.78 is 0. The lowest BCUT2D eigenvalue weighted by Crippen LogP contribution is -2.54. The Morgan fingerprint density at radius 2 is 1.11 bits per heavy atom. The SMILES string of the molecule is CN(C)C1(c2ccccc2)CCC2(CC1)CN(Cc1cncc(Cl)c1)C(=O)N2.CN1CCN(c2cc(CN3CC4(CCC(c5ccccc5)(N(C)C)CC4)NC3=O)ccn2)CC1. The van der Waals surface area contributed by atoms with E-state index in [1.165, 1.54) is 11.1 Å². The van der Waals surface area contributed by atoms with E-state index in [4.69, 9.17) is 11.6 Å². The van der Waals surface area contributed by atoms with Gasteiger partial charge in [0, 0.05) is 82.0 Å². The number of benzene rings is 2. The van der Waals surface area contributed by atoms with E-state index < -0.39 is 0 Å². The smallest absolute Gasteiger partial charge is 0.318 e. The van der Waals surface area contributed by atoms with Crippen LogP contribution < -0.4 is 15.5 Å². The van der Waals surface area contributed by atoms with Crippen molar-refractivity contribution in [1.82, 2.24) is 45.1 Å². The largest absolute Gasteiger partial charge is 0.354 e. The lowest BCUT2D eigenvalue weighted by molar-refractivity contribution is 0.0617. The van der Waals surface area contributed by atoms with Crippen LogP contribution in [0.15, 0.2) is 97.5 Å². The van der Waals surface area contributed by atoms with Crippen LogP contribution in [0.5, 0.6) is 0 Å². The van der Waals surface area contributed by atoms with E-state index in [2.05, 4.69) is 142 Å². The maximum Gasteiger partial charge on any atom is 0.318 e. The molecule has 2 N–H and O–H groups in total. The van der Waals surface area contributed by atoms with Crippen molar-refractivity contribution < 1.29 is 9.59 Å². The van der Waals surface area contributed by atoms with Gasteiger partial charge in [0.15, 0.2) is 0 Å². The summed E-state index contributed by atoms with van der Waals surface area (Å²) in [7, 11) is 10.9. The van der Waals surface area contributed by atoms with Crippen molar-refractivity contribution in [3.8, 4) is 0 Å². The van der Waals surface area contributed by atoms with Crippen molar-refractivity contribution in [1.29, 1.82) is 0 Å². The predicted molar refractivity (Wildman–Crippen MR) is 247 cm³/mol. The Morgan fingerprint density at radius 3 is 1.58 bits per heavy atom. The Morgan fingerprint density at radius 1 is 0.629 bits per heavy atom. The molecule has 62 heavy (non-hydrogen) atoms. The molecule has 2 aromatic heterocycles. The van der Waals surface area contributed by atoms with Gasteiger partial charge in [0.1, 0.15) is 5.82 Å². The molecule has 2 aliphatic carbocycles. The fourth-order valence-electron chi connectivity index (χ4n) is 10.9. The molecule has 12 nitrogen and oxygen atoms in total. The van der Waals surface area contributed by atoms with Crippen molar-refractivity contribution >= 4 is 29.5 Å². The quantitative estimate of drug-likeness (QED) is 0.183. The first-order chi connectivity index (χ1) is 29.8. The highest BCUT2D eigenvalue weighted by atomic mass is 35.5. The van der Waals surface area contributed by atoms with Gasteiger partial charge in [-0.25, -0.2) is 14.6 Å². The Hall–Kier alpha value is -4.75. The summed E-state index contributed by atoms with van der Waals surface area (Å²) in [5.41, 5.74) is 4.65. The van der Waals surface area contributed by atoms with Crippen LogP contribution in [-0.2, 0) is 24.2 Å². The molecule has 0 atom stereocenters. The van der Waals surface area contributed by atoms with Crippen molar-refractivity contribution in [3.05, 3.63) is 125 Å². The summed E-state index contributed by atoms with van der Waals surface area (Å²) in [5.74, 6) is 1.02. The molecule has 5 fully saturated rings. The third-order valence-corrected chi connectivity index (χ3v) is 15.1. The molecule has 4 amide bonds. The van der Waals surface area contributed by atoms with Gasteiger partial charge in [0.05, 0.1) is 16.1 Å². The van der Waals surface area contributed by atoms with Crippen molar-refractivity contribution in [2.75, 3.05) is 79.4 Å². The number of amides is 4. The second-order valence-electron chi connectivity index (χ2n) is 19.0. The maximum atomic E-state index is 13.0. The van der Waals surface area contributed by atoms with E-state index in [9.17, 15) is 9.59 Å². The minimum atomic E-state index is -0.141. The van der Waals surface area contributed by atoms with E-state index in [-0.39, 0.29) is 34.2 Å². The highest BCUT2D eigenvalue weighted by Gasteiger charge is 2.51. The molecule has 0 unspecified atom stereocenters. The Bertz CT molecular complexity index is 2150. The topological polar surface area (TPSA) is 103 Å². The zero-order valence-corrected chi connectivity index (χ0v) is 38.1. The van der Waals surface area contributed by atoms with Gasteiger partial charge >= 0.3 is 12.1 Å². The summed E-state index contributed by atoms with van der Waals surface area (Å²) in [4.78, 5) is 47.7. The number of hydrogen-bond acceptors (Lipinski definition) is 8. The zero-order chi connectivity index (χ0) is 43.5. The van der Waals surface area contributed by atoms with Crippen LogP contribution >= 0.6 is 11.6 Å². The van der Waals surface area contributed by atoms with Crippen molar-refractivity contribution in [3.63, 3.8) is 0 Å². The molecule has 330 valence electrons. The third-order valence-electron chi connectivity index (χ3n) is 14.9. The molecule has 3 aliphatic heterocycles. The molecular formula is C49H65ClN10O2. The monoisotopic (exact) mass is 860 g/mol. The van der Waals surface area contributed by atoms with Crippen LogP contribution in [0.3, 0.4) is 0 Å². The van der Waals surface area contributed by atoms with E-state index in [0.29, 0.717) is 18.1 Å². The van der Waals surface area contributed by atoms with Crippen LogP contribution in [0.2, 0.25) is 5.02 Å². The molecule has 2 spiro atoms. The summed E-state index contributed by atoms with van der Waals surface area (Å²) in [5, 5.41) is 7.29. The molecule has 5 aliphatic rings. The first-order valence-electron chi connectivity index (χ1n) is 22.4. The number of aromatic nitrogens is 2. The van der Waals surface area contributed by atoms with Gasteiger partial charge in [0.2, 0.25) is 0 Å². The number of pyridine rings is 2. The number of nitrogens with one attached hydrogen (secondary N) is 2. The van der Waals surface area contributed by atoms with E-state index in [1.807, 2.05) is 28.1 Å². The number of halogens is 1. The molecular weight excluding hydrogens is 796 g/mol. The molecule has 0 radical (unpaired) electrons. The fourth-order valence-corrected chi connectivity index (χ4v) is 11.1. The summed E-state index contributed by atoms with van der Waals surface area (Å²) >= 11 is 6.04. The average molecular weight is 862 g/mol. The maximum absolute atomic E-state index is 13.0. The van der Waals surface area contributed by atoms with E-state index >= 15 is 0 Å². The van der Waals surface area contributed by atoms with Crippen LogP contribution in [0, 0.1) is 0 Å². The summed E-state index contributed by atoms with van der Waals surface area (Å²) in [6, 6.07) is 27.8.